The number of rotatable bonds is 5. The molecule has 1 heterocycles. The van der Waals surface area contributed by atoms with E-state index in [2.05, 4.69) is 5.32 Å². The first-order valence-electron chi connectivity index (χ1n) is 9.78. The van der Waals surface area contributed by atoms with E-state index in [-0.39, 0.29) is 17.8 Å². The quantitative estimate of drug-likeness (QED) is 0.595. The summed E-state index contributed by atoms with van der Waals surface area (Å²) in [6, 6.07) is 16.8. The van der Waals surface area contributed by atoms with Gasteiger partial charge in [-0.15, -0.1) is 0 Å². The van der Waals surface area contributed by atoms with Gasteiger partial charge in [0.15, 0.2) is 0 Å². The molecule has 4 nitrogen and oxygen atoms in total. The highest BCUT2D eigenvalue weighted by Gasteiger charge is 2.39. The van der Waals surface area contributed by atoms with Gasteiger partial charge in [-0.1, -0.05) is 36.4 Å². The van der Waals surface area contributed by atoms with Crippen molar-refractivity contribution in [2.45, 2.75) is 20.4 Å². The summed E-state index contributed by atoms with van der Waals surface area (Å²) in [5.74, 6) is -1.82. The molecule has 1 aliphatic rings. The van der Waals surface area contributed by atoms with Crippen molar-refractivity contribution in [2.24, 2.45) is 0 Å². The van der Waals surface area contributed by atoms with Crippen LogP contribution in [-0.2, 0) is 16.1 Å². The van der Waals surface area contributed by atoms with Crippen LogP contribution in [0.5, 0.6) is 0 Å². The lowest BCUT2D eigenvalue weighted by Crippen LogP contribution is -2.32. The van der Waals surface area contributed by atoms with E-state index in [9.17, 15) is 18.4 Å². The first-order chi connectivity index (χ1) is 14.8. The van der Waals surface area contributed by atoms with Crippen molar-refractivity contribution in [1.29, 1.82) is 0 Å². The zero-order chi connectivity index (χ0) is 22.1. The van der Waals surface area contributed by atoms with Gasteiger partial charge in [-0.25, -0.2) is 8.78 Å². The molecule has 0 atom stereocenters. The predicted octanol–water partition coefficient (Wildman–Crippen LogP) is 4.97. The zero-order valence-electron chi connectivity index (χ0n) is 17.1. The van der Waals surface area contributed by atoms with Crippen LogP contribution >= 0.6 is 0 Å². The summed E-state index contributed by atoms with van der Waals surface area (Å²) in [7, 11) is 0. The highest BCUT2D eigenvalue weighted by atomic mass is 19.1. The number of hydrogen-bond donors (Lipinski definition) is 1. The minimum absolute atomic E-state index is 0.000616. The molecule has 1 aliphatic heterocycles. The maximum absolute atomic E-state index is 13.5. The van der Waals surface area contributed by atoms with Crippen molar-refractivity contribution in [1.82, 2.24) is 4.90 Å². The number of nitrogens with zero attached hydrogens (tertiary/aromatic N) is 1. The van der Waals surface area contributed by atoms with E-state index in [4.69, 9.17) is 0 Å². The molecule has 2 amide bonds. The number of halogens is 2. The number of nitrogens with one attached hydrogen (secondary N) is 1. The fourth-order valence-electron chi connectivity index (χ4n) is 3.50. The second kappa shape index (κ2) is 8.14. The number of imide groups is 1. The summed E-state index contributed by atoms with van der Waals surface area (Å²) in [6.45, 7) is 3.83. The van der Waals surface area contributed by atoms with Crippen LogP contribution in [-0.4, -0.2) is 16.7 Å². The maximum Gasteiger partial charge on any atom is 0.278 e. The van der Waals surface area contributed by atoms with E-state index < -0.39 is 23.4 Å². The first-order valence-corrected chi connectivity index (χ1v) is 9.78. The Morgan fingerprint density at radius 3 is 2.06 bits per heavy atom. The van der Waals surface area contributed by atoms with Crippen LogP contribution in [0.25, 0.3) is 5.57 Å². The number of carbonyl (C=O) groups is 2. The third-order valence-corrected chi connectivity index (χ3v) is 5.21. The second-order valence-electron chi connectivity index (χ2n) is 7.52. The number of aryl methyl sites for hydroxylation is 2. The summed E-state index contributed by atoms with van der Waals surface area (Å²) >= 11 is 0. The van der Waals surface area contributed by atoms with Crippen molar-refractivity contribution >= 4 is 23.1 Å². The average molecular weight is 418 g/mol. The SMILES string of the molecule is Cc1ccc(C)c(NC2=C(c3ccc(F)cc3)C(=O)N(Cc3ccc(F)cc3)C2=O)c1. The number of benzene rings is 3. The van der Waals surface area contributed by atoms with Crippen molar-refractivity contribution in [3.63, 3.8) is 0 Å². The molecule has 0 radical (unpaired) electrons. The molecule has 0 unspecified atom stereocenters. The summed E-state index contributed by atoms with van der Waals surface area (Å²) < 4.78 is 26.7. The first kappa shape index (κ1) is 20.5. The molecule has 0 saturated carbocycles. The average Bonchev–Trinajstić information content (AvgIpc) is 2.97. The zero-order valence-corrected chi connectivity index (χ0v) is 17.1. The molecular formula is C25H20F2N2O2. The van der Waals surface area contributed by atoms with E-state index in [0.717, 1.165) is 16.0 Å². The standard InChI is InChI=1S/C25H20F2N2O2/c1-15-3-4-16(2)21(13-15)28-23-22(18-7-11-20(27)12-8-18)24(30)29(25(23)31)14-17-5-9-19(26)10-6-17/h3-13,28H,14H2,1-2H3. The number of amides is 2. The van der Waals surface area contributed by atoms with E-state index in [0.29, 0.717) is 16.8 Å². The fourth-order valence-corrected chi connectivity index (χ4v) is 3.50. The lowest BCUT2D eigenvalue weighted by molar-refractivity contribution is -0.137. The molecule has 0 aliphatic carbocycles. The lowest BCUT2D eigenvalue weighted by Gasteiger charge is -2.16. The Hall–Kier alpha value is -3.80. The lowest BCUT2D eigenvalue weighted by atomic mass is 10.0. The van der Waals surface area contributed by atoms with Gasteiger partial charge in [0.1, 0.15) is 17.3 Å². The minimum Gasteiger partial charge on any atom is -0.350 e. The highest BCUT2D eigenvalue weighted by Crippen LogP contribution is 2.32. The van der Waals surface area contributed by atoms with Gasteiger partial charge in [0.2, 0.25) is 0 Å². The van der Waals surface area contributed by atoms with Crippen molar-refractivity contribution in [2.75, 3.05) is 5.32 Å². The van der Waals surface area contributed by atoms with Crippen LogP contribution in [0.3, 0.4) is 0 Å². The highest BCUT2D eigenvalue weighted by molar-refractivity contribution is 6.36. The van der Waals surface area contributed by atoms with Crippen LogP contribution in [0.15, 0.2) is 72.4 Å². The van der Waals surface area contributed by atoms with Crippen LogP contribution < -0.4 is 5.32 Å². The van der Waals surface area contributed by atoms with E-state index in [1.54, 1.807) is 0 Å². The number of anilines is 1. The molecule has 0 spiro atoms. The summed E-state index contributed by atoms with van der Waals surface area (Å²) in [5, 5.41) is 3.13. The van der Waals surface area contributed by atoms with Gasteiger partial charge in [-0.2, -0.15) is 0 Å². The van der Waals surface area contributed by atoms with E-state index in [1.807, 2.05) is 32.0 Å². The molecule has 0 saturated heterocycles. The van der Waals surface area contributed by atoms with Gasteiger partial charge >= 0.3 is 0 Å². The topological polar surface area (TPSA) is 49.4 Å². The second-order valence-corrected chi connectivity index (χ2v) is 7.52. The van der Waals surface area contributed by atoms with E-state index in [1.165, 1.54) is 48.5 Å². The monoisotopic (exact) mass is 418 g/mol. The minimum atomic E-state index is -0.492. The van der Waals surface area contributed by atoms with E-state index >= 15 is 0 Å². The van der Waals surface area contributed by atoms with Crippen LogP contribution in [0.1, 0.15) is 22.3 Å². The molecule has 0 aromatic heterocycles. The molecular weight excluding hydrogens is 398 g/mol. The van der Waals surface area contributed by atoms with Gasteiger partial charge < -0.3 is 5.32 Å². The predicted molar refractivity (Wildman–Crippen MR) is 115 cm³/mol. The number of hydrogen-bond acceptors (Lipinski definition) is 3. The Kier molecular flexibility index (Phi) is 5.38. The molecule has 3 aromatic rings. The molecule has 1 N–H and O–H groups in total. The number of carbonyl (C=O) groups excluding carboxylic acids is 2. The normalized spacial score (nSPS) is 13.9. The Balaban J connectivity index is 1.76. The van der Waals surface area contributed by atoms with Gasteiger partial charge in [-0.05, 0) is 66.4 Å². The largest absolute Gasteiger partial charge is 0.350 e. The summed E-state index contributed by atoms with van der Waals surface area (Å²) in [6.07, 6.45) is 0. The van der Waals surface area contributed by atoms with Crippen LogP contribution in [0.4, 0.5) is 14.5 Å². The molecule has 3 aromatic carbocycles. The molecule has 156 valence electrons. The molecule has 4 rings (SSSR count). The van der Waals surface area contributed by atoms with Gasteiger partial charge in [0.25, 0.3) is 11.8 Å². The van der Waals surface area contributed by atoms with Gasteiger partial charge in [-0.3, -0.25) is 14.5 Å². The van der Waals surface area contributed by atoms with Crippen molar-refractivity contribution in [3.8, 4) is 0 Å². The molecule has 0 bridgehead atoms. The Morgan fingerprint density at radius 1 is 0.806 bits per heavy atom. The fraction of sp³-hybridized carbons (Fsp3) is 0.120. The van der Waals surface area contributed by atoms with Crippen molar-refractivity contribution in [3.05, 3.63) is 106 Å². The third kappa shape index (κ3) is 4.10. The maximum atomic E-state index is 13.5. The third-order valence-electron chi connectivity index (χ3n) is 5.21. The van der Waals surface area contributed by atoms with Gasteiger partial charge in [0.05, 0.1) is 12.1 Å². The van der Waals surface area contributed by atoms with Crippen molar-refractivity contribution < 1.29 is 18.4 Å². The molecule has 31 heavy (non-hydrogen) atoms. The smallest absolute Gasteiger partial charge is 0.278 e. The molecule has 6 heteroatoms. The Bertz CT molecular complexity index is 1200. The van der Waals surface area contributed by atoms with Crippen LogP contribution in [0, 0.1) is 25.5 Å². The van der Waals surface area contributed by atoms with Gasteiger partial charge in [0, 0.05) is 5.69 Å². The Morgan fingerprint density at radius 2 is 1.42 bits per heavy atom. The summed E-state index contributed by atoms with van der Waals surface area (Å²) in [5.41, 5.74) is 3.98. The van der Waals surface area contributed by atoms with Crippen LogP contribution in [0.2, 0.25) is 0 Å². The summed E-state index contributed by atoms with van der Waals surface area (Å²) in [4.78, 5) is 27.7. The molecule has 0 fully saturated rings. The Labute approximate surface area is 178 Å².